The number of nitrogens with one attached hydrogen (secondary N) is 1. The van der Waals surface area contributed by atoms with E-state index in [0.717, 1.165) is 28.2 Å². The molecule has 0 aliphatic rings. The van der Waals surface area contributed by atoms with Crippen LogP contribution in [0.3, 0.4) is 0 Å². The highest BCUT2D eigenvalue weighted by molar-refractivity contribution is 6.30. The number of urea groups is 1. The van der Waals surface area contributed by atoms with Crippen LogP contribution in [-0.2, 0) is 13.0 Å². The number of carbonyl (C=O) groups is 1. The number of amides is 2. The molecule has 0 saturated heterocycles. The highest BCUT2D eigenvalue weighted by atomic mass is 35.5. The Labute approximate surface area is 192 Å². The highest BCUT2D eigenvalue weighted by Gasteiger charge is 2.17. The molecular formula is C25H24ClN5O. The van der Waals surface area contributed by atoms with Gasteiger partial charge >= 0.3 is 6.03 Å². The minimum Gasteiger partial charge on any atom is -0.338 e. The second kappa shape index (κ2) is 10.1. The summed E-state index contributed by atoms with van der Waals surface area (Å²) in [6.07, 6.45) is 4.41. The second-order valence-electron chi connectivity index (χ2n) is 7.45. The molecule has 4 aromatic rings. The third-order valence-electron chi connectivity index (χ3n) is 5.07. The van der Waals surface area contributed by atoms with Gasteiger partial charge in [-0.3, -0.25) is 4.98 Å². The lowest BCUT2D eigenvalue weighted by atomic mass is 10.1. The van der Waals surface area contributed by atoms with E-state index in [2.05, 4.69) is 10.3 Å². The normalized spacial score (nSPS) is 10.7. The van der Waals surface area contributed by atoms with Crippen LogP contribution in [0.15, 0.2) is 85.2 Å². The third kappa shape index (κ3) is 5.34. The number of aromatic nitrogens is 3. The largest absolute Gasteiger partial charge is 0.338 e. The molecule has 2 heterocycles. The minimum absolute atomic E-state index is 0.143. The van der Waals surface area contributed by atoms with E-state index < -0.39 is 0 Å². The van der Waals surface area contributed by atoms with Crippen molar-refractivity contribution in [1.82, 2.24) is 25.0 Å². The number of benzene rings is 2. The van der Waals surface area contributed by atoms with Crippen LogP contribution in [0, 0.1) is 0 Å². The number of halogens is 1. The first kappa shape index (κ1) is 21.6. The summed E-state index contributed by atoms with van der Waals surface area (Å²) in [6.45, 7) is 0.938. The first-order chi connectivity index (χ1) is 15.6. The molecule has 0 unspecified atom stereocenters. The van der Waals surface area contributed by atoms with Crippen molar-refractivity contribution in [2.45, 2.75) is 13.0 Å². The van der Waals surface area contributed by atoms with Crippen LogP contribution in [0.2, 0.25) is 5.02 Å². The van der Waals surface area contributed by atoms with Gasteiger partial charge in [0, 0.05) is 54.3 Å². The molecule has 2 aromatic carbocycles. The molecule has 0 aliphatic carbocycles. The fraction of sp³-hybridized carbons (Fsp3) is 0.160. The number of para-hydroxylation sites is 1. The highest BCUT2D eigenvalue weighted by Crippen LogP contribution is 2.26. The molecule has 0 atom stereocenters. The van der Waals surface area contributed by atoms with E-state index in [1.807, 2.05) is 83.7 Å². The molecule has 0 fully saturated rings. The van der Waals surface area contributed by atoms with Crippen LogP contribution in [-0.4, -0.2) is 39.3 Å². The summed E-state index contributed by atoms with van der Waals surface area (Å²) in [4.78, 5) is 18.6. The van der Waals surface area contributed by atoms with Gasteiger partial charge in [0.05, 0.1) is 17.9 Å². The predicted octanol–water partition coefficient (Wildman–Crippen LogP) is 4.97. The van der Waals surface area contributed by atoms with Crippen molar-refractivity contribution < 1.29 is 4.79 Å². The minimum atomic E-state index is -0.143. The van der Waals surface area contributed by atoms with Crippen molar-refractivity contribution in [3.63, 3.8) is 0 Å². The average molecular weight is 446 g/mol. The maximum Gasteiger partial charge on any atom is 0.317 e. The Hall–Kier alpha value is -3.64. The Morgan fingerprint density at radius 3 is 2.50 bits per heavy atom. The topological polar surface area (TPSA) is 63.1 Å². The van der Waals surface area contributed by atoms with Gasteiger partial charge < -0.3 is 10.2 Å². The predicted molar refractivity (Wildman–Crippen MR) is 127 cm³/mol. The molecule has 4 rings (SSSR count). The molecule has 32 heavy (non-hydrogen) atoms. The van der Waals surface area contributed by atoms with Crippen LogP contribution < -0.4 is 5.32 Å². The van der Waals surface area contributed by atoms with Crippen LogP contribution in [0.5, 0.6) is 0 Å². The molecule has 0 spiro atoms. The van der Waals surface area contributed by atoms with Gasteiger partial charge in [-0.15, -0.1) is 0 Å². The fourth-order valence-electron chi connectivity index (χ4n) is 3.39. The van der Waals surface area contributed by atoms with E-state index >= 15 is 0 Å². The molecule has 7 heteroatoms. The molecule has 0 bridgehead atoms. The van der Waals surface area contributed by atoms with Crippen LogP contribution >= 0.6 is 11.6 Å². The number of pyridine rings is 1. The van der Waals surface area contributed by atoms with E-state index in [-0.39, 0.29) is 6.03 Å². The van der Waals surface area contributed by atoms with Gasteiger partial charge in [0.15, 0.2) is 0 Å². The summed E-state index contributed by atoms with van der Waals surface area (Å²) in [7, 11) is 1.78. The molecule has 1 N–H and O–H groups in total. The maximum atomic E-state index is 12.7. The van der Waals surface area contributed by atoms with Gasteiger partial charge in [0.1, 0.15) is 0 Å². The Morgan fingerprint density at radius 2 is 1.78 bits per heavy atom. The van der Waals surface area contributed by atoms with Crippen molar-refractivity contribution in [1.29, 1.82) is 0 Å². The van der Waals surface area contributed by atoms with Gasteiger partial charge in [-0.05, 0) is 36.4 Å². The van der Waals surface area contributed by atoms with Crippen molar-refractivity contribution in [3.8, 4) is 16.9 Å². The summed E-state index contributed by atoms with van der Waals surface area (Å²) in [6, 6.07) is 23.1. The summed E-state index contributed by atoms with van der Waals surface area (Å²) in [5, 5.41) is 8.43. The second-order valence-corrected chi connectivity index (χ2v) is 7.89. The van der Waals surface area contributed by atoms with Gasteiger partial charge in [0.25, 0.3) is 0 Å². The van der Waals surface area contributed by atoms with Crippen LogP contribution in [0.4, 0.5) is 4.79 Å². The first-order valence-corrected chi connectivity index (χ1v) is 10.8. The molecule has 2 aromatic heterocycles. The summed E-state index contributed by atoms with van der Waals surface area (Å²) in [5.41, 5.74) is 4.61. The van der Waals surface area contributed by atoms with E-state index in [9.17, 15) is 4.79 Å². The Morgan fingerprint density at radius 1 is 1.03 bits per heavy atom. The number of carbonyl (C=O) groups excluding carboxylic acids is 1. The zero-order chi connectivity index (χ0) is 22.3. The Kier molecular flexibility index (Phi) is 6.82. The quantitative estimate of drug-likeness (QED) is 0.436. The van der Waals surface area contributed by atoms with Crippen molar-refractivity contribution in [3.05, 3.63) is 101 Å². The van der Waals surface area contributed by atoms with Crippen molar-refractivity contribution in [2.24, 2.45) is 0 Å². The molecule has 162 valence electrons. The lowest BCUT2D eigenvalue weighted by Crippen LogP contribution is -2.37. The summed E-state index contributed by atoms with van der Waals surface area (Å²) in [5.74, 6) is 0. The number of rotatable bonds is 7. The zero-order valence-corrected chi connectivity index (χ0v) is 18.5. The van der Waals surface area contributed by atoms with Crippen LogP contribution in [0.25, 0.3) is 16.9 Å². The lowest BCUT2D eigenvalue weighted by molar-refractivity contribution is 0.207. The zero-order valence-electron chi connectivity index (χ0n) is 17.8. The first-order valence-electron chi connectivity index (χ1n) is 10.4. The summed E-state index contributed by atoms with van der Waals surface area (Å²) < 4.78 is 1.84. The number of nitrogens with zero attached hydrogens (tertiary/aromatic N) is 4. The van der Waals surface area contributed by atoms with Crippen molar-refractivity contribution >= 4 is 17.6 Å². The maximum absolute atomic E-state index is 12.7. The molecule has 6 nitrogen and oxygen atoms in total. The SMILES string of the molecule is CN(Cc1cn(-c2ccccc2)nc1-c1ccc(Cl)cc1)C(=O)NCCc1ccccn1. The van der Waals surface area contributed by atoms with Gasteiger partial charge in [0.2, 0.25) is 0 Å². The van der Waals surface area contributed by atoms with Gasteiger partial charge in [-0.25, -0.2) is 9.48 Å². The van der Waals surface area contributed by atoms with E-state index in [0.29, 0.717) is 24.5 Å². The van der Waals surface area contributed by atoms with E-state index in [1.54, 1.807) is 18.1 Å². The molecule has 0 saturated carbocycles. The van der Waals surface area contributed by atoms with E-state index in [4.69, 9.17) is 16.7 Å². The standard InChI is InChI=1S/C25H24ClN5O/c1-30(25(32)28-16-14-22-7-5-6-15-27-22)17-20-18-31(23-8-3-2-4-9-23)29-24(20)19-10-12-21(26)13-11-19/h2-13,15,18H,14,16-17H2,1H3,(H,28,32). The Bertz CT molecular complexity index is 1160. The molecule has 0 radical (unpaired) electrons. The smallest absolute Gasteiger partial charge is 0.317 e. The lowest BCUT2D eigenvalue weighted by Gasteiger charge is -2.18. The monoisotopic (exact) mass is 445 g/mol. The molecule has 0 aliphatic heterocycles. The van der Waals surface area contributed by atoms with Crippen LogP contribution in [0.1, 0.15) is 11.3 Å². The number of hydrogen-bond donors (Lipinski definition) is 1. The molecule has 2 amide bonds. The summed E-state index contributed by atoms with van der Waals surface area (Å²) >= 11 is 6.07. The fourth-order valence-corrected chi connectivity index (χ4v) is 3.52. The average Bonchev–Trinajstić information content (AvgIpc) is 3.24. The third-order valence-corrected chi connectivity index (χ3v) is 5.32. The Balaban J connectivity index is 1.50. The van der Waals surface area contributed by atoms with E-state index in [1.165, 1.54) is 0 Å². The number of hydrogen-bond acceptors (Lipinski definition) is 3. The molecular weight excluding hydrogens is 422 g/mol. The van der Waals surface area contributed by atoms with Gasteiger partial charge in [-0.2, -0.15) is 5.10 Å². The van der Waals surface area contributed by atoms with Crippen molar-refractivity contribution in [2.75, 3.05) is 13.6 Å². The van der Waals surface area contributed by atoms with Gasteiger partial charge in [-0.1, -0.05) is 48.0 Å².